The quantitative estimate of drug-likeness (QED) is 0.367. The monoisotopic (exact) mass is 489 g/mol. The van der Waals surface area contributed by atoms with Crippen molar-refractivity contribution in [1.29, 1.82) is 0 Å². The highest BCUT2D eigenvalue weighted by Crippen LogP contribution is 2.41. The maximum Gasteiger partial charge on any atom is 0.418 e. The van der Waals surface area contributed by atoms with E-state index in [0.717, 1.165) is 43.4 Å². The third-order valence-corrected chi connectivity index (χ3v) is 7.73. The van der Waals surface area contributed by atoms with E-state index >= 15 is 0 Å². The van der Waals surface area contributed by atoms with Gasteiger partial charge in [-0.05, 0) is 37.4 Å². The predicted octanol–water partition coefficient (Wildman–Crippen LogP) is 3.98. The van der Waals surface area contributed by atoms with Crippen molar-refractivity contribution >= 4 is 17.4 Å². The summed E-state index contributed by atoms with van der Waals surface area (Å²) >= 11 is 1.65. The van der Waals surface area contributed by atoms with Gasteiger partial charge in [0.2, 0.25) is 0 Å². The van der Waals surface area contributed by atoms with Crippen molar-refractivity contribution in [3.63, 3.8) is 0 Å². The molecule has 0 radical (unpaired) electrons. The molecule has 7 nitrogen and oxygen atoms in total. The molecule has 0 amide bonds. The Kier molecular flexibility index (Phi) is 6.48. The lowest BCUT2D eigenvalue weighted by Gasteiger charge is -2.29. The largest absolute Gasteiger partial charge is 0.418 e. The molecule has 3 aromatic rings. The summed E-state index contributed by atoms with van der Waals surface area (Å²) in [7, 11) is 1.92. The molecule has 0 N–H and O–H groups in total. The van der Waals surface area contributed by atoms with Crippen molar-refractivity contribution in [2.24, 2.45) is 13.0 Å². The molecule has 2 aliphatic rings. The normalized spacial score (nSPS) is 20.8. The molecule has 5 rings (SSSR count). The smallest absolute Gasteiger partial charge is 0.366 e. The van der Waals surface area contributed by atoms with Crippen molar-refractivity contribution < 1.29 is 13.2 Å². The first kappa shape index (κ1) is 23.1. The molecule has 0 aliphatic carbocycles. The number of nitrogens with zero attached hydrogens (tertiary/aromatic N) is 7. The highest BCUT2D eigenvalue weighted by molar-refractivity contribution is 7.99. The molecule has 34 heavy (non-hydrogen) atoms. The first-order chi connectivity index (χ1) is 16.4. The van der Waals surface area contributed by atoms with Crippen LogP contribution >= 0.6 is 11.8 Å². The van der Waals surface area contributed by atoms with Crippen LogP contribution in [0.15, 0.2) is 48.0 Å². The molecule has 1 aromatic carbocycles. The van der Waals surface area contributed by atoms with Gasteiger partial charge in [-0.25, -0.2) is 4.98 Å². The first-order valence-corrected chi connectivity index (χ1v) is 12.3. The van der Waals surface area contributed by atoms with Crippen molar-refractivity contribution in [2.45, 2.75) is 30.2 Å². The molecule has 2 aliphatic heterocycles. The maximum atomic E-state index is 13.5. The fourth-order valence-electron chi connectivity index (χ4n) is 5.02. The summed E-state index contributed by atoms with van der Waals surface area (Å²) < 4.78 is 42.5. The Morgan fingerprint density at radius 1 is 1.12 bits per heavy atom. The zero-order valence-electron chi connectivity index (χ0n) is 18.8. The molecule has 2 aromatic heterocycles. The van der Waals surface area contributed by atoms with E-state index < -0.39 is 11.7 Å². The van der Waals surface area contributed by atoms with Gasteiger partial charge in [-0.2, -0.15) is 13.2 Å². The van der Waals surface area contributed by atoms with Gasteiger partial charge in [0.05, 0.1) is 11.8 Å². The molecular formula is C23H26F3N7S. The third kappa shape index (κ3) is 4.63. The first-order valence-electron chi connectivity index (χ1n) is 11.4. The average molecular weight is 490 g/mol. The van der Waals surface area contributed by atoms with Gasteiger partial charge in [0.1, 0.15) is 5.69 Å². The van der Waals surface area contributed by atoms with Gasteiger partial charge in [0.15, 0.2) is 11.0 Å². The van der Waals surface area contributed by atoms with Crippen LogP contribution in [-0.2, 0) is 13.2 Å². The molecule has 2 atom stereocenters. The number of anilines is 1. The lowest BCUT2D eigenvalue weighted by Crippen LogP contribution is -2.36. The summed E-state index contributed by atoms with van der Waals surface area (Å²) in [6.07, 6.45) is 2.49. The van der Waals surface area contributed by atoms with Gasteiger partial charge in [-0.15, -0.1) is 10.2 Å². The van der Waals surface area contributed by atoms with Gasteiger partial charge >= 0.3 is 6.18 Å². The second-order valence-corrected chi connectivity index (χ2v) is 9.80. The van der Waals surface area contributed by atoms with Crippen LogP contribution < -0.4 is 4.90 Å². The Bertz CT molecular complexity index is 1120. The van der Waals surface area contributed by atoms with Gasteiger partial charge < -0.3 is 14.4 Å². The summed E-state index contributed by atoms with van der Waals surface area (Å²) in [4.78, 5) is 12.7. The highest BCUT2D eigenvalue weighted by Gasteiger charge is 2.44. The topological polar surface area (TPSA) is 63.0 Å². The molecule has 0 spiro atoms. The van der Waals surface area contributed by atoms with E-state index in [1.807, 2.05) is 16.5 Å². The molecule has 11 heteroatoms. The van der Waals surface area contributed by atoms with Crippen molar-refractivity contribution in [3.05, 3.63) is 48.4 Å². The van der Waals surface area contributed by atoms with E-state index in [-0.39, 0.29) is 6.04 Å². The molecule has 2 saturated heterocycles. The average Bonchev–Trinajstić information content (AvgIpc) is 3.51. The minimum absolute atomic E-state index is 0.143. The minimum atomic E-state index is -4.34. The number of para-hydroxylation sites is 1. The van der Waals surface area contributed by atoms with Gasteiger partial charge in [-0.1, -0.05) is 23.9 Å². The van der Waals surface area contributed by atoms with Crippen molar-refractivity contribution in [2.75, 3.05) is 36.8 Å². The molecule has 180 valence electrons. The predicted molar refractivity (Wildman–Crippen MR) is 124 cm³/mol. The van der Waals surface area contributed by atoms with Gasteiger partial charge in [0.25, 0.3) is 0 Å². The van der Waals surface area contributed by atoms with E-state index in [4.69, 9.17) is 0 Å². The standard InChI is InChI=1S/C23H26F3N7S/c1-31-21(18-13-27-8-9-28-18)29-30-22(31)34-12-4-10-32-14-16-7-11-33(20(16)15-32)19-6-3-2-5-17(19)23(24,25)26/h2-3,5-6,8-9,13,16,20H,4,7,10-12,14-15H2,1H3/t16-,20?/m0/s1. The zero-order chi connectivity index (χ0) is 23.7. The number of hydrogen-bond acceptors (Lipinski definition) is 7. The number of rotatable bonds is 7. The molecule has 0 saturated carbocycles. The van der Waals surface area contributed by atoms with Crippen LogP contribution in [0.4, 0.5) is 18.9 Å². The molecular weight excluding hydrogens is 463 g/mol. The van der Waals surface area contributed by atoms with Crippen LogP contribution in [0.25, 0.3) is 11.5 Å². The van der Waals surface area contributed by atoms with E-state index in [0.29, 0.717) is 29.7 Å². The van der Waals surface area contributed by atoms with Crippen LogP contribution in [-0.4, -0.2) is 67.6 Å². The minimum Gasteiger partial charge on any atom is -0.366 e. The highest BCUT2D eigenvalue weighted by atomic mass is 32.2. The Hall–Kier alpha value is -2.66. The van der Waals surface area contributed by atoms with Crippen molar-refractivity contribution in [1.82, 2.24) is 29.6 Å². The second kappa shape index (κ2) is 9.53. The third-order valence-electron chi connectivity index (χ3n) is 6.62. The van der Waals surface area contributed by atoms with Crippen molar-refractivity contribution in [3.8, 4) is 11.5 Å². The summed E-state index contributed by atoms with van der Waals surface area (Å²) in [5.41, 5.74) is 0.473. The number of fused-ring (bicyclic) bond motifs is 1. The summed E-state index contributed by atoms with van der Waals surface area (Å²) in [5.74, 6) is 1.99. The van der Waals surface area contributed by atoms with E-state index in [9.17, 15) is 13.2 Å². The number of thioether (sulfide) groups is 1. The lowest BCUT2D eigenvalue weighted by atomic mass is 10.0. The van der Waals surface area contributed by atoms with Crippen LogP contribution in [0, 0.1) is 5.92 Å². The lowest BCUT2D eigenvalue weighted by molar-refractivity contribution is -0.137. The fraction of sp³-hybridized carbons (Fsp3) is 0.478. The maximum absolute atomic E-state index is 13.5. The molecule has 4 heterocycles. The van der Waals surface area contributed by atoms with Gasteiger partial charge in [-0.3, -0.25) is 4.98 Å². The molecule has 1 unspecified atom stereocenters. The van der Waals surface area contributed by atoms with Crippen LogP contribution in [0.5, 0.6) is 0 Å². The summed E-state index contributed by atoms with van der Waals surface area (Å²) in [5, 5.41) is 9.34. The Labute approximate surface area is 200 Å². The SMILES string of the molecule is Cn1c(SCCCN2CC3[C@@H](CCN3c3ccccc3C(F)(F)F)C2)nnc1-c1cnccn1. The van der Waals surface area contributed by atoms with E-state index in [1.165, 1.54) is 12.1 Å². The van der Waals surface area contributed by atoms with E-state index in [2.05, 4.69) is 25.1 Å². The van der Waals surface area contributed by atoms with Gasteiger partial charge in [0, 0.05) is 56.6 Å². The summed E-state index contributed by atoms with van der Waals surface area (Å²) in [6, 6.07) is 6.11. The van der Waals surface area contributed by atoms with E-state index in [1.54, 1.807) is 42.5 Å². The fourth-order valence-corrected chi connectivity index (χ4v) is 5.86. The number of aromatic nitrogens is 5. The summed E-state index contributed by atoms with van der Waals surface area (Å²) in [6.45, 7) is 3.36. The molecule has 2 fully saturated rings. The number of halogens is 3. The van der Waals surface area contributed by atoms with Crippen LogP contribution in [0.2, 0.25) is 0 Å². The number of likely N-dealkylation sites (tertiary alicyclic amines) is 1. The second-order valence-electron chi connectivity index (χ2n) is 8.74. The van der Waals surface area contributed by atoms with Crippen LogP contribution in [0.3, 0.4) is 0 Å². The Morgan fingerprint density at radius 3 is 2.76 bits per heavy atom. The zero-order valence-corrected chi connectivity index (χ0v) is 19.6. The molecule has 0 bridgehead atoms. The number of alkyl halides is 3. The number of hydrogen-bond donors (Lipinski definition) is 0. The number of benzene rings is 1. The van der Waals surface area contributed by atoms with Crippen LogP contribution in [0.1, 0.15) is 18.4 Å². The Balaban J connectivity index is 1.15. The Morgan fingerprint density at radius 2 is 1.97 bits per heavy atom.